The molecule has 19 heavy (non-hydrogen) atoms. The van der Waals surface area contributed by atoms with Gasteiger partial charge in [0.1, 0.15) is 12.0 Å². The number of amides is 1. The third-order valence-electron chi connectivity index (χ3n) is 2.36. The SMILES string of the molecule is O=C(Nc1c(Cl)ncnc1Cl)c1ccc(CCl)cc1. The van der Waals surface area contributed by atoms with Crippen molar-refractivity contribution in [2.45, 2.75) is 5.88 Å². The van der Waals surface area contributed by atoms with Crippen molar-refractivity contribution in [1.82, 2.24) is 9.97 Å². The Kier molecular flexibility index (Phi) is 4.58. The lowest BCUT2D eigenvalue weighted by atomic mass is 10.1. The monoisotopic (exact) mass is 315 g/mol. The lowest BCUT2D eigenvalue weighted by Crippen LogP contribution is -2.13. The van der Waals surface area contributed by atoms with E-state index in [9.17, 15) is 4.79 Å². The number of aromatic nitrogens is 2. The minimum Gasteiger partial charge on any atom is -0.317 e. The van der Waals surface area contributed by atoms with Gasteiger partial charge in [-0.3, -0.25) is 4.79 Å². The summed E-state index contributed by atoms with van der Waals surface area (Å²) in [6.45, 7) is 0. The molecule has 7 heteroatoms. The smallest absolute Gasteiger partial charge is 0.255 e. The quantitative estimate of drug-likeness (QED) is 0.692. The Morgan fingerprint density at radius 3 is 2.21 bits per heavy atom. The largest absolute Gasteiger partial charge is 0.317 e. The van der Waals surface area contributed by atoms with Crippen LogP contribution in [0.5, 0.6) is 0 Å². The van der Waals surface area contributed by atoms with Gasteiger partial charge in [0.2, 0.25) is 0 Å². The first kappa shape index (κ1) is 14.1. The second-order valence-corrected chi connectivity index (χ2v) is 4.60. The molecule has 0 radical (unpaired) electrons. The predicted octanol–water partition coefficient (Wildman–Crippen LogP) is 3.77. The number of carbonyl (C=O) groups is 1. The highest BCUT2D eigenvalue weighted by molar-refractivity contribution is 6.38. The molecular weight excluding hydrogens is 309 g/mol. The molecule has 1 aromatic carbocycles. The van der Waals surface area contributed by atoms with Crippen molar-refractivity contribution in [2.75, 3.05) is 5.32 Å². The number of hydrogen-bond donors (Lipinski definition) is 1. The van der Waals surface area contributed by atoms with E-state index in [-0.39, 0.29) is 21.9 Å². The Labute approximate surface area is 124 Å². The van der Waals surface area contributed by atoms with Gasteiger partial charge in [-0.15, -0.1) is 11.6 Å². The molecule has 1 heterocycles. The first-order valence-corrected chi connectivity index (χ1v) is 6.53. The Morgan fingerprint density at radius 1 is 1.11 bits per heavy atom. The van der Waals surface area contributed by atoms with Gasteiger partial charge in [0.05, 0.1) is 0 Å². The number of rotatable bonds is 3. The van der Waals surface area contributed by atoms with E-state index in [1.807, 2.05) is 0 Å². The van der Waals surface area contributed by atoms with Crippen LogP contribution in [0.3, 0.4) is 0 Å². The maximum Gasteiger partial charge on any atom is 0.255 e. The fourth-order valence-corrected chi connectivity index (χ4v) is 1.97. The molecule has 4 nitrogen and oxygen atoms in total. The molecule has 1 N–H and O–H groups in total. The normalized spacial score (nSPS) is 10.3. The minimum absolute atomic E-state index is 0.0886. The number of halogens is 3. The zero-order chi connectivity index (χ0) is 13.8. The molecule has 0 unspecified atom stereocenters. The average molecular weight is 317 g/mol. The number of hydrogen-bond acceptors (Lipinski definition) is 3. The highest BCUT2D eigenvalue weighted by Crippen LogP contribution is 2.26. The van der Waals surface area contributed by atoms with E-state index in [1.165, 1.54) is 6.33 Å². The summed E-state index contributed by atoms with van der Waals surface area (Å²) in [5, 5.41) is 2.75. The average Bonchev–Trinajstić information content (AvgIpc) is 2.43. The van der Waals surface area contributed by atoms with E-state index in [0.717, 1.165) is 5.56 Å². The van der Waals surface area contributed by atoms with Crippen molar-refractivity contribution in [3.63, 3.8) is 0 Å². The molecule has 0 bridgehead atoms. The molecule has 0 saturated heterocycles. The minimum atomic E-state index is -0.347. The van der Waals surface area contributed by atoms with Crippen molar-refractivity contribution in [2.24, 2.45) is 0 Å². The highest BCUT2D eigenvalue weighted by atomic mass is 35.5. The van der Waals surface area contributed by atoms with E-state index in [4.69, 9.17) is 34.8 Å². The number of carbonyl (C=O) groups excluding carboxylic acids is 1. The zero-order valence-corrected chi connectivity index (χ0v) is 11.8. The van der Waals surface area contributed by atoms with Crippen LogP contribution < -0.4 is 5.32 Å². The fraction of sp³-hybridized carbons (Fsp3) is 0.0833. The Bertz CT molecular complexity index is 581. The lowest BCUT2D eigenvalue weighted by Gasteiger charge is -2.07. The van der Waals surface area contributed by atoms with E-state index in [2.05, 4.69) is 15.3 Å². The van der Waals surface area contributed by atoms with Crippen LogP contribution in [-0.4, -0.2) is 15.9 Å². The fourth-order valence-electron chi connectivity index (χ4n) is 1.38. The molecule has 0 spiro atoms. The molecule has 0 aliphatic rings. The van der Waals surface area contributed by atoms with Crippen LogP contribution >= 0.6 is 34.8 Å². The Morgan fingerprint density at radius 2 is 1.68 bits per heavy atom. The predicted molar refractivity (Wildman–Crippen MR) is 76.0 cm³/mol. The number of nitrogens with one attached hydrogen (secondary N) is 1. The van der Waals surface area contributed by atoms with Gasteiger partial charge >= 0.3 is 0 Å². The van der Waals surface area contributed by atoms with Gasteiger partial charge in [0.15, 0.2) is 10.3 Å². The van der Waals surface area contributed by atoms with Gasteiger partial charge in [-0.2, -0.15) is 0 Å². The third kappa shape index (κ3) is 3.35. The summed E-state index contributed by atoms with van der Waals surface area (Å²) >= 11 is 17.4. The molecule has 1 amide bonds. The van der Waals surface area contributed by atoms with Gasteiger partial charge in [-0.05, 0) is 17.7 Å². The number of nitrogens with zero attached hydrogens (tertiary/aromatic N) is 2. The molecule has 2 rings (SSSR count). The standard InChI is InChI=1S/C12H8Cl3N3O/c13-5-7-1-3-8(4-2-7)12(19)18-9-10(14)16-6-17-11(9)15/h1-4,6H,5H2,(H,18,19). The topological polar surface area (TPSA) is 54.9 Å². The van der Waals surface area contributed by atoms with Crippen LogP contribution in [-0.2, 0) is 5.88 Å². The first-order valence-electron chi connectivity index (χ1n) is 5.24. The van der Waals surface area contributed by atoms with Crippen LogP contribution in [0.2, 0.25) is 10.3 Å². The molecule has 0 aliphatic carbocycles. The summed E-state index contributed by atoms with van der Waals surface area (Å²) in [7, 11) is 0. The van der Waals surface area contributed by atoms with Crippen LogP contribution in [0.15, 0.2) is 30.6 Å². The van der Waals surface area contributed by atoms with Gasteiger partial charge in [-0.25, -0.2) is 9.97 Å². The van der Waals surface area contributed by atoms with E-state index in [0.29, 0.717) is 11.4 Å². The van der Waals surface area contributed by atoms with Crippen molar-refractivity contribution in [3.8, 4) is 0 Å². The lowest BCUT2D eigenvalue weighted by molar-refractivity contribution is 0.102. The summed E-state index contributed by atoms with van der Waals surface area (Å²) in [5.74, 6) is 0.0474. The maximum absolute atomic E-state index is 12.0. The zero-order valence-electron chi connectivity index (χ0n) is 9.53. The molecule has 1 aromatic heterocycles. The summed E-state index contributed by atoms with van der Waals surface area (Å²) in [5.41, 5.74) is 1.58. The van der Waals surface area contributed by atoms with Crippen molar-refractivity contribution < 1.29 is 4.79 Å². The van der Waals surface area contributed by atoms with Gasteiger partial charge in [-0.1, -0.05) is 35.3 Å². The molecule has 0 atom stereocenters. The number of anilines is 1. The highest BCUT2D eigenvalue weighted by Gasteiger charge is 2.13. The van der Waals surface area contributed by atoms with E-state index >= 15 is 0 Å². The summed E-state index contributed by atoms with van der Waals surface area (Å²) in [6.07, 6.45) is 1.22. The maximum atomic E-state index is 12.0. The van der Waals surface area contributed by atoms with Crippen LogP contribution in [0, 0.1) is 0 Å². The molecule has 0 aliphatic heterocycles. The second kappa shape index (κ2) is 6.19. The Hall–Kier alpha value is -1.36. The molecule has 0 saturated carbocycles. The summed E-state index contributed by atoms with van der Waals surface area (Å²) < 4.78 is 0. The van der Waals surface area contributed by atoms with Gasteiger partial charge in [0, 0.05) is 11.4 Å². The summed E-state index contributed by atoms with van der Waals surface area (Å²) in [4.78, 5) is 19.5. The Balaban J connectivity index is 2.20. The van der Waals surface area contributed by atoms with Gasteiger partial charge < -0.3 is 5.32 Å². The number of benzene rings is 1. The van der Waals surface area contributed by atoms with Gasteiger partial charge in [0.25, 0.3) is 5.91 Å². The van der Waals surface area contributed by atoms with Crippen LogP contribution in [0.4, 0.5) is 5.69 Å². The van der Waals surface area contributed by atoms with Crippen LogP contribution in [0.25, 0.3) is 0 Å². The number of alkyl halides is 1. The molecular formula is C12H8Cl3N3O. The second-order valence-electron chi connectivity index (χ2n) is 3.61. The first-order chi connectivity index (χ1) is 9.11. The molecule has 0 fully saturated rings. The van der Waals surface area contributed by atoms with Crippen molar-refractivity contribution in [1.29, 1.82) is 0 Å². The van der Waals surface area contributed by atoms with Crippen molar-refractivity contribution >= 4 is 46.4 Å². The summed E-state index contributed by atoms with van der Waals surface area (Å²) in [6, 6.07) is 6.87. The molecule has 2 aromatic rings. The van der Waals surface area contributed by atoms with E-state index in [1.54, 1.807) is 24.3 Å². The van der Waals surface area contributed by atoms with Crippen LogP contribution in [0.1, 0.15) is 15.9 Å². The van der Waals surface area contributed by atoms with Crippen molar-refractivity contribution in [3.05, 3.63) is 52.0 Å². The molecule has 98 valence electrons. The third-order valence-corrected chi connectivity index (χ3v) is 3.25. The van der Waals surface area contributed by atoms with E-state index < -0.39 is 0 Å².